The third-order valence-electron chi connectivity index (χ3n) is 2.40. The molecule has 0 fully saturated rings. The van der Waals surface area contributed by atoms with Gasteiger partial charge >= 0.3 is 0 Å². The molecule has 0 atom stereocenters. The number of aliphatic hydroxyl groups is 1. The van der Waals surface area contributed by atoms with Crippen molar-refractivity contribution in [1.82, 2.24) is 5.32 Å². The quantitative estimate of drug-likeness (QED) is 0.680. The standard InChI is InChI=1S/C13H19F2NOS/c14-13(15)12-4-1-3-11(9-12)10-16-5-8-18-7-2-6-17/h1,3-4,9,13,16-17H,2,5-8,10H2. The summed E-state index contributed by atoms with van der Waals surface area (Å²) in [6.45, 7) is 1.69. The van der Waals surface area contributed by atoms with Gasteiger partial charge in [0.15, 0.2) is 0 Å². The van der Waals surface area contributed by atoms with E-state index in [0.717, 1.165) is 30.0 Å². The molecule has 0 aromatic heterocycles. The smallest absolute Gasteiger partial charge is 0.263 e. The fourth-order valence-electron chi connectivity index (χ4n) is 1.48. The molecule has 0 aliphatic rings. The van der Waals surface area contributed by atoms with Crippen LogP contribution in [0.15, 0.2) is 24.3 Å². The Labute approximate surface area is 111 Å². The van der Waals surface area contributed by atoms with Gasteiger partial charge in [0.1, 0.15) is 0 Å². The highest BCUT2D eigenvalue weighted by molar-refractivity contribution is 7.99. The van der Waals surface area contributed by atoms with Gasteiger partial charge in [0.2, 0.25) is 0 Å². The van der Waals surface area contributed by atoms with Crippen LogP contribution in [0.3, 0.4) is 0 Å². The van der Waals surface area contributed by atoms with E-state index in [0.29, 0.717) is 6.54 Å². The van der Waals surface area contributed by atoms with Crippen molar-refractivity contribution in [1.29, 1.82) is 0 Å². The average molecular weight is 275 g/mol. The van der Waals surface area contributed by atoms with Crippen molar-refractivity contribution in [2.75, 3.05) is 24.7 Å². The summed E-state index contributed by atoms with van der Waals surface area (Å²) in [4.78, 5) is 0. The van der Waals surface area contributed by atoms with E-state index in [1.807, 2.05) is 6.07 Å². The third kappa shape index (κ3) is 6.33. The van der Waals surface area contributed by atoms with Crippen LogP contribution in [0.1, 0.15) is 24.0 Å². The summed E-state index contributed by atoms with van der Waals surface area (Å²) in [5, 5.41) is 11.8. The van der Waals surface area contributed by atoms with Gasteiger partial charge < -0.3 is 10.4 Å². The van der Waals surface area contributed by atoms with E-state index in [2.05, 4.69) is 5.32 Å². The number of aliphatic hydroxyl groups excluding tert-OH is 1. The Kier molecular flexibility index (Phi) is 7.96. The van der Waals surface area contributed by atoms with Crippen molar-refractivity contribution in [2.24, 2.45) is 0 Å². The summed E-state index contributed by atoms with van der Waals surface area (Å²) in [6.07, 6.45) is -1.58. The van der Waals surface area contributed by atoms with E-state index in [9.17, 15) is 8.78 Å². The minimum Gasteiger partial charge on any atom is -0.396 e. The highest BCUT2D eigenvalue weighted by Gasteiger charge is 2.06. The summed E-state index contributed by atoms with van der Waals surface area (Å²) >= 11 is 1.78. The SMILES string of the molecule is OCCCSCCNCc1cccc(C(F)F)c1. The van der Waals surface area contributed by atoms with E-state index < -0.39 is 6.43 Å². The van der Waals surface area contributed by atoms with E-state index in [4.69, 9.17) is 5.11 Å². The number of hydrogen-bond donors (Lipinski definition) is 2. The zero-order valence-electron chi connectivity index (χ0n) is 10.2. The molecule has 1 rings (SSSR count). The first kappa shape index (κ1) is 15.4. The second kappa shape index (κ2) is 9.30. The lowest BCUT2D eigenvalue weighted by Crippen LogP contribution is -2.16. The molecular weight excluding hydrogens is 256 g/mol. The van der Waals surface area contributed by atoms with Crippen LogP contribution < -0.4 is 5.32 Å². The van der Waals surface area contributed by atoms with Gasteiger partial charge in [-0.3, -0.25) is 0 Å². The predicted octanol–water partition coefficient (Wildman–Crippen LogP) is 2.83. The first-order valence-corrected chi connectivity index (χ1v) is 7.16. The number of alkyl halides is 2. The maximum atomic E-state index is 12.5. The van der Waals surface area contributed by atoms with Gasteiger partial charge in [-0.1, -0.05) is 18.2 Å². The van der Waals surface area contributed by atoms with Crippen LogP contribution in [0.25, 0.3) is 0 Å². The van der Waals surface area contributed by atoms with E-state index >= 15 is 0 Å². The Morgan fingerprint density at radius 1 is 1.28 bits per heavy atom. The van der Waals surface area contributed by atoms with Crippen LogP contribution in [0, 0.1) is 0 Å². The highest BCUT2D eigenvalue weighted by atomic mass is 32.2. The van der Waals surface area contributed by atoms with Crippen LogP contribution in [0.2, 0.25) is 0 Å². The molecule has 0 saturated heterocycles. The first-order valence-electron chi connectivity index (χ1n) is 6.00. The lowest BCUT2D eigenvalue weighted by Gasteiger charge is -2.06. The number of halogens is 2. The molecule has 18 heavy (non-hydrogen) atoms. The summed E-state index contributed by atoms with van der Waals surface area (Å²) in [6, 6.07) is 6.49. The Morgan fingerprint density at radius 2 is 2.11 bits per heavy atom. The molecule has 0 radical (unpaired) electrons. The number of nitrogens with one attached hydrogen (secondary N) is 1. The monoisotopic (exact) mass is 275 g/mol. The van der Waals surface area contributed by atoms with Gasteiger partial charge in [-0.15, -0.1) is 0 Å². The molecule has 0 bridgehead atoms. The number of benzene rings is 1. The third-order valence-corrected chi connectivity index (χ3v) is 3.47. The molecule has 0 unspecified atom stereocenters. The molecule has 0 heterocycles. The zero-order chi connectivity index (χ0) is 13.2. The van der Waals surface area contributed by atoms with Gasteiger partial charge in [0.05, 0.1) is 0 Å². The van der Waals surface area contributed by atoms with Crippen LogP contribution in [-0.2, 0) is 6.54 Å². The topological polar surface area (TPSA) is 32.3 Å². The minimum absolute atomic E-state index is 0.0756. The maximum Gasteiger partial charge on any atom is 0.263 e. The van der Waals surface area contributed by atoms with Crippen LogP contribution in [0.4, 0.5) is 8.78 Å². The van der Waals surface area contributed by atoms with Crippen LogP contribution >= 0.6 is 11.8 Å². The minimum atomic E-state index is -2.40. The lowest BCUT2D eigenvalue weighted by molar-refractivity contribution is 0.151. The van der Waals surface area contributed by atoms with Crippen molar-refractivity contribution in [2.45, 2.75) is 19.4 Å². The molecule has 2 nitrogen and oxygen atoms in total. The summed E-state index contributed by atoms with van der Waals surface area (Å²) < 4.78 is 24.9. The highest BCUT2D eigenvalue weighted by Crippen LogP contribution is 2.19. The fraction of sp³-hybridized carbons (Fsp3) is 0.538. The molecule has 102 valence electrons. The Morgan fingerprint density at radius 3 is 2.83 bits per heavy atom. The fourth-order valence-corrected chi connectivity index (χ4v) is 2.31. The molecule has 1 aromatic carbocycles. The second-order valence-corrected chi connectivity index (χ2v) is 5.14. The van der Waals surface area contributed by atoms with Crippen molar-refractivity contribution < 1.29 is 13.9 Å². The normalized spacial score (nSPS) is 11.1. The van der Waals surface area contributed by atoms with Crippen LogP contribution in [-0.4, -0.2) is 29.8 Å². The molecular formula is C13H19F2NOS. The van der Waals surface area contributed by atoms with E-state index in [-0.39, 0.29) is 12.2 Å². The number of hydrogen-bond acceptors (Lipinski definition) is 3. The van der Waals surface area contributed by atoms with Crippen molar-refractivity contribution in [3.05, 3.63) is 35.4 Å². The van der Waals surface area contributed by atoms with Gasteiger partial charge in [-0.25, -0.2) is 8.78 Å². The van der Waals surface area contributed by atoms with E-state index in [1.165, 1.54) is 12.1 Å². The average Bonchev–Trinajstić information content (AvgIpc) is 2.38. The molecule has 0 aliphatic carbocycles. The maximum absolute atomic E-state index is 12.5. The number of thioether (sulfide) groups is 1. The predicted molar refractivity (Wildman–Crippen MR) is 72.1 cm³/mol. The molecule has 0 amide bonds. The molecule has 1 aromatic rings. The van der Waals surface area contributed by atoms with Crippen molar-refractivity contribution >= 4 is 11.8 Å². The second-order valence-electron chi connectivity index (χ2n) is 3.91. The number of rotatable bonds is 9. The van der Waals surface area contributed by atoms with Crippen molar-refractivity contribution in [3.63, 3.8) is 0 Å². The summed E-state index contributed by atoms with van der Waals surface area (Å²) in [5.74, 6) is 1.92. The van der Waals surface area contributed by atoms with Gasteiger partial charge in [-0.2, -0.15) is 11.8 Å². The van der Waals surface area contributed by atoms with Crippen molar-refractivity contribution in [3.8, 4) is 0 Å². The Balaban J connectivity index is 2.17. The largest absolute Gasteiger partial charge is 0.396 e. The molecule has 0 saturated carbocycles. The molecule has 0 spiro atoms. The van der Waals surface area contributed by atoms with Gasteiger partial charge in [0, 0.05) is 31.0 Å². The Hall–Kier alpha value is -0.650. The summed E-state index contributed by atoms with van der Waals surface area (Å²) in [7, 11) is 0. The molecule has 0 aliphatic heterocycles. The molecule has 5 heteroatoms. The zero-order valence-corrected chi connectivity index (χ0v) is 11.1. The first-order chi connectivity index (χ1) is 8.74. The summed E-state index contributed by atoms with van der Waals surface area (Å²) in [5.41, 5.74) is 0.958. The Bertz CT molecular complexity index is 337. The van der Waals surface area contributed by atoms with E-state index in [1.54, 1.807) is 17.8 Å². The lowest BCUT2D eigenvalue weighted by atomic mass is 10.1. The van der Waals surface area contributed by atoms with Crippen LogP contribution in [0.5, 0.6) is 0 Å². The van der Waals surface area contributed by atoms with Gasteiger partial charge in [0.25, 0.3) is 6.43 Å². The molecule has 2 N–H and O–H groups in total. The van der Waals surface area contributed by atoms with Gasteiger partial charge in [-0.05, 0) is 23.8 Å².